The van der Waals surface area contributed by atoms with Crippen LogP contribution in [0.4, 0.5) is 16.4 Å². The van der Waals surface area contributed by atoms with Crippen molar-refractivity contribution in [3.8, 4) is 22.9 Å². The summed E-state index contributed by atoms with van der Waals surface area (Å²) in [6, 6.07) is 13.1. The minimum absolute atomic E-state index is 0.0353. The highest BCUT2D eigenvalue weighted by Crippen LogP contribution is 2.40. The monoisotopic (exact) mass is 646 g/mol. The zero-order chi connectivity index (χ0) is 33.1. The first-order valence-corrected chi connectivity index (χ1v) is 17.2. The zero-order valence-electron chi connectivity index (χ0n) is 27.3. The number of aromatic nitrogens is 3. The molecule has 1 aliphatic heterocycles. The third-order valence-corrected chi connectivity index (χ3v) is 9.06. The second-order valence-electron chi connectivity index (χ2n) is 12.6. The van der Waals surface area contributed by atoms with Crippen LogP contribution in [0.3, 0.4) is 0 Å². The van der Waals surface area contributed by atoms with Gasteiger partial charge in [0.25, 0.3) is 0 Å². The topological polar surface area (TPSA) is 136 Å². The maximum Gasteiger partial charge on any atom is 0.410 e. The van der Waals surface area contributed by atoms with Crippen LogP contribution in [-0.2, 0) is 14.8 Å². The van der Waals surface area contributed by atoms with E-state index in [-0.39, 0.29) is 17.9 Å². The first-order chi connectivity index (χ1) is 21.8. The number of hydrogen-bond acceptors (Lipinski definition) is 9. The lowest BCUT2D eigenvalue weighted by Gasteiger charge is -2.34. The van der Waals surface area contributed by atoms with Gasteiger partial charge in [-0.15, -0.1) is 0 Å². The predicted octanol–water partition coefficient (Wildman–Crippen LogP) is 7.06. The summed E-state index contributed by atoms with van der Waals surface area (Å²) in [6.45, 7) is 12.4. The van der Waals surface area contributed by atoms with Crippen molar-refractivity contribution in [1.82, 2.24) is 19.9 Å². The van der Waals surface area contributed by atoms with E-state index in [1.165, 1.54) is 0 Å². The van der Waals surface area contributed by atoms with Crippen LogP contribution in [0.15, 0.2) is 54.9 Å². The van der Waals surface area contributed by atoms with Crippen LogP contribution in [0.1, 0.15) is 58.1 Å². The van der Waals surface area contributed by atoms with Crippen molar-refractivity contribution >= 4 is 38.5 Å². The van der Waals surface area contributed by atoms with Gasteiger partial charge in [0, 0.05) is 42.3 Å². The number of carbonyl (C=O) groups excluding carboxylic acids is 1. The van der Waals surface area contributed by atoms with Gasteiger partial charge < -0.3 is 19.7 Å². The quantitative estimate of drug-likeness (QED) is 0.196. The number of rotatable bonds is 9. The molecule has 4 aromatic rings. The maximum absolute atomic E-state index is 12.7. The highest BCUT2D eigenvalue weighted by atomic mass is 32.2. The summed E-state index contributed by atoms with van der Waals surface area (Å²) in [5, 5.41) is 4.88. The Morgan fingerprint density at radius 3 is 2.54 bits per heavy atom. The van der Waals surface area contributed by atoms with Gasteiger partial charge in [-0.2, -0.15) is 0 Å². The van der Waals surface area contributed by atoms with Gasteiger partial charge in [0.15, 0.2) is 0 Å². The lowest BCUT2D eigenvalue weighted by Crippen LogP contribution is -2.47. The number of sulfonamides is 1. The van der Waals surface area contributed by atoms with E-state index in [2.05, 4.69) is 20.0 Å². The summed E-state index contributed by atoms with van der Waals surface area (Å²) in [6.07, 6.45) is 5.22. The number of aryl methyl sites for hydroxylation is 2. The Labute approximate surface area is 270 Å². The summed E-state index contributed by atoms with van der Waals surface area (Å²) in [4.78, 5) is 28.2. The van der Waals surface area contributed by atoms with Gasteiger partial charge >= 0.3 is 6.09 Å². The molecule has 2 N–H and O–H groups in total. The number of likely N-dealkylation sites (tertiary alicyclic amines) is 1. The number of fused-ring (bicyclic) bond motifs is 1. The fourth-order valence-corrected chi connectivity index (χ4v) is 6.68. The summed E-state index contributed by atoms with van der Waals surface area (Å²) in [5.41, 5.74) is 2.94. The van der Waals surface area contributed by atoms with Crippen LogP contribution in [0, 0.1) is 13.8 Å². The predicted molar refractivity (Wildman–Crippen MR) is 181 cm³/mol. The van der Waals surface area contributed by atoms with E-state index in [9.17, 15) is 13.2 Å². The molecular formula is C34H42N6O5S. The molecule has 1 saturated heterocycles. The number of nitrogens with zero attached hydrogens (tertiary/aromatic N) is 4. The number of anilines is 2. The molecule has 46 heavy (non-hydrogen) atoms. The molecule has 12 heteroatoms. The lowest BCUT2D eigenvalue weighted by atomic mass is 10.0. The SMILES string of the molecule is CCCS(=O)(=O)Nc1c(C)ccc2c(Oc3ncccc3-c3ccnc(N[C@H]4CCCN(C(=O)OC(C)(C)C)C4)n3)c(C)ccc12. The second-order valence-corrected chi connectivity index (χ2v) is 14.5. The standard InChI is InChI=1S/C34H42N6O5S/c1-7-20-46(42,43)39-29-22(2)12-15-26-25(29)14-13-23(3)30(26)44-31-27(11-8-17-35-31)28-16-18-36-32(38-28)37-24-10-9-19-40(21-24)33(41)45-34(4,5)6/h8,11-18,24,39H,7,9-10,19-21H2,1-6H3,(H,36,37,38)/t24-/m0/s1. The second kappa shape index (κ2) is 13.5. The molecule has 3 heterocycles. The Kier molecular flexibility index (Phi) is 9.66. The van der Waals surface area contributed by atoms with Crippen molar-refractivity contribution in [3.63, 3.8) is 0 Å². The Morgan fingerprint density at radius 2 is 1.78 bits per heavy atom. The summed E-state index contributed by atoms with van der Waals surface area (Å²) in [5.74, 6) is 1.40. The molecule has 244 valence electrons. The summed E-state index contributed by atoms with van der Waals surface area (Å²) < 4.78 is 40.3. The van der Waals surface area contributed by atoms with Crippen LogP contribution in [0.2, 0.25) is 0 Å². The first-order valence-electron chi connectivity index (χ1n) is 15.6. The molecule has 2 aromatic heterocycles. The zero-order valence-corrected chi connectivity index (χ0v) is 28.1. The molecule has 2 aromatic carbocycles. The van der Waals surface area contributed by atoms with Gasteiger partial charge in [-0.25, -0.2) is 28.2 Å². The molecule has 0 saturated carbocycles. The third-order valence-electron chi connectivity index (χ3n) is 7.59. The fraction of sp³-hybridized carbons (Fsp3) is 0.412. The Bertz CT molecular complexity index is 1840. The smallest absolute Gasteiger partial charge is 0.410 e. The molecule has 1 amide bonds. The number of hydrogen-bond donors (Lipinski definition) is 2. The van der Waals surface area contributed by atoms with Crippen LogP contribution >= 0.6 is 0 Å². The van der Waals surface area contributed by atoms with E-state index in [1.807, 2.05) is 77.9 Å². The van der Waals surface area contributed by atoms with Crippen molar-refractivity contribution in [2.45, 2.75) is 72.4 Å². The molecule has 0 bridgehead atoms. The Morgan fingerprint density at radius 1 is 1.02 bits per heavy atom. The lowest BCUT2D eigenvalue weighted by molar-refractivity contribution is 0.0206. The number of pyridine rings is 1. The molecule has 0 aliphatic carbocycles. The number of amides is 1. The highest BCUT2D eigenvalue weighted by molar-refractivity contribution is 7.92. The molecule has 11 nitrogen and oxygen atoms in total. The highest BCUT2D eigenvalue weighted by Gasteiger charge is 2.28. The molecule has 0 radical (unpaired) electrons. The van der Waals surface area contributed by atoms with Gasteiger partial charge in [0.2, 0.25) is 21.9 Å². The summed E-state index contributed by atoms with van der Waals surface area (Å²) in [7, 11) is -3.50. The van der Waals surface area contributed by atoms with E-state index < -0.39 is 15.6 Å². The first kappa shape index (κ1) is 32.9. The number of nitrogens with one attached hydrogen (secondary N) is 2. The fourth-order valence-electron chi connectivity index (χ4n) is 5.45. The molecule has 5 rings (SSSR count). The largest absolute Gasteiger partial charge is 0.444 e. The molecule has 0 spiro atoms. The normalized spacial score (nSPS) is 15.4. The van der Waals surface area contributed by atoms with E-state index >= 15 is 0 Å². The Hall–Kier alpha value is -4.45. The van der Waals surface area contributed by atoms with E-state index in [4.69, 9.17) is 14.5 Å². The number of piperidine rings is 1. The van der Waals surface area contributed by atoms with E-state index in [0.717, 1.165) is 34.7 Å². The van der Waals surface area contributed by atoms with E-state index in [0.29, 0.717) is 54.0 Å². The number of ether oxygens (including phenoxy) is 2. The van der Waals surface area contributed by atoms with Crippen LogP contribution in [0.5, 0.6) is 11.6 Å². The van der Waals surface area contributed by atoms with Crippen LogP contribution in [-0.4, -0.2) is 64.8 Å². The van der Waals surface area contributed by atoms with Crippen molar-refractivity contribution < 1.29 is 22.7 Å². The molecule has 1 atom stereocenters. The minimum atomic E-state index is -3.50. The molecule has 0 unspecified atom stereocenters. The summed E-state index contributed by atoms with van der Waals surface area (Å²) >= 11 is 0. The van der Waals surface area contributed by atoms with Gasteiger partial charge in [0.05, 0.1) is 22.7 Å². The van der Waals surface area contributed by atoms with Gasteiger partial charge in [-0.05, 0) is 83.2 Å². The van der Waals surface area contributed by atoms with Crippen LogP contribution < -0.4 is 14.8 Å². The van der Waals surface area contributed by atoms with Crippen molar-refractivity contribution in [2.75, 3.05) is 28.9 Å². The Balaban J connectivity index is 1.41. The molecular weight excluding hydrogens is 604 g/mol. The average Bonchev–Trinajstić information content (AvgIpc) is 2.99. The van der Waals surface area contributed by atoms with Crippen LogP contribution in [0.25, 0.3) is 22.0 Å². The minimum Gasteiger partial charge on any atom is -0.444 e. The third kappa shape index (κ3) is 7.85. The maximum atomic E-state index is 12.7. The van der Waals surface area contributed by atoms with Gasteiger partial charge in [0.1, 0.15) is 11.4 Å². The number of carbonyl (C=O) groups is 1. The molecule has 1 aliphatic rings. The van der Waals surface area contributed by atoms with Crippen molar-refractivity contribution in [1.29, 1.82) is 0 Å². The van der Waals surface area contributed by atoms with E-state index in [1.54, 1.807) is 23.4 Å². The van der Waals surface area contributed by atoms with Gasteiger partial charge in [-0.3, -0.25) is 4.72 Å². The average molecular weight is 647 g/mol. The van der Waals surface area contributed by atoms with Crippen molar-refractivity contribution in [2.24, 2.45) is 0 Å². The number of benzene rings is 2. The van der Waals surface area contributed by atoms with Gasteiger partial charge in [-0.1, -0.05) is 31.2 Å². The molecule has 1 fully saturated rings. The van der Waals surface area contributed by atoms with Crippen molar-refractivity contribution in [3.05, 3.63) is 66.0 Å².